The van der Waals surface area contributed by atoms with Crippen LogP contribution in [0.3, 0.4) is 0 Å². The van der Waals surface area contributed by atoms with E-state index in [1.54, 1.807) is 7.05 Å². The van der Waals surface area contributed by atoms with Crippen LogP contribution in [0.5, 0.6) is 0 Å². The number of rotatable bonds is 8. The van der Waals surface area contributed by atoms with Crippen molar-refractivity contribution in [3.05, 3.63) is 0 Å². The maximum Gasteiger partial charge on any atom is 0.237 e. The summed E-state index contributed by atoms with van der Waals surface area (Å²) in [6.45, 7) is 2.22. The Morgan fingerprint density at radius 2 is 2.00 bits per heavy atom. The van der Waals surface area contributed by atoms with Gasteiger partial charge >= 0.3 is 0 Å². The van der Waals surface area contributed by atoms with Gasteiger partial charge in [-0.1, -0.05) is 0 Å². The number of hydrogen-bond donors (Lipinski definition) is 1. The van der Waals surface area contributed by atoms with E-state index >= 15 is 0 Å². The fourth-order valence-corrected chi connectivity index (χ4v) is 2.20. The van der Waals surface area contributed by atoms with Gasteiger partial charge in [0.05, 0.1) is 12.3 Å². The van der Waals surface area contributed by atoms with Crippen molar-refractivity contribution >= 4 is 27.5 Å². The van der Waals surface area contributed by atoms with Crippen LogP contribution in [0.15, 0.2) is 0 Å². The topological polar surface area (TPSA) is 66.5 Å². The fourth-order valence-electron chi connectivity index (χ4n) is 0.942. The lowest BCUT2D eigenvalue weighted by atomic mass is 10.4. The van der Waals surface area contributed by atoms with Crippen LogP contribution in [0.2, 0.25) is 0 Å². The Morgan fingerprint density at radius 1 is 1.38 bits per heavy atom. The van der Waals surface area contributed by atoms with Gasteiger partial charge in [-0.25, -0.2) is 13.1 Å². The number of carbonyl (C=O) groups excluding carboxylic acids is 1. The maximum atomic E-state index is 11.4. The molecule has 5 nitrogen and oxygen atoms in total. The van der Waals surface area contributed by atoms with Gasteiger partial charge in [0, 0.05) is 19.5 Å². The monoisotopic (exact) mass is 270 g/mol. The minimum Gasteiger partial charge on any atom is -0.345 e. The molecule has 0 aromatic carbocycles. The van der Waals surface area contributed by atoms with Crippen LogP contribution in [0.25, 0.3) is 0 Å². The Bertz CT molecular complexity index is 306. The molecule has 0 aliphatic carbocycles. The second-order valence-corrected chi connectivity index (χ2v) is 5.75. The first-order chi connectivity index (χ1) is 7.43. The minimum atomic E-state index is -3.35. The number of sulfonamides is 1. The molecule has 0 saturated carbocycles. The Hall–Kier alpha value is -0.330. The highest BCUT2D eigenvalue weighted by Gasteiger charge is 2.13. The Morgan fingerprint density at radius 3 is 2.50 bits per heavy atom. The van der Waals surface area contributed by atoms with E-state index in [0.29, 0.717) is 25.3 Å². The normalized spacial score (nSPS) is 11.4. The zero-order valence-electron chi connectivity index (χ0n) is 9.70. The molecular formula is C9H19ClN2O3S. The van der Waals surface area contributed by atoms with Crippen molar-refractivity contribution in [3.63, 3.8) is 0 Å². The number of halogens is 1. The van der Waals surface area contributed by atoms with Gasteiger partial charge in [-0.3, -0.25) is 4.79 Å². The average Bonchev–Trinajstić information content (AvgIpc) is 2.25. The van der Waals surface area contributed by atoms with Crippen molar-refractivity contribution < 1.29 is 13.2 Å². The molecule has 16 heavy (non-hydrogen) atoms. The molecule has 0 heterocycles. The highest BCUT2D eigenvalue weighted by atomic mass is 35.5. The molecule has 0 rings (SSSR count). The molecule has 0 aromatic rings. The lowest BCUT2D eigenvalue weighted by Gasteiger charge is -2.14. The van der Waals surface area contributed by atoms with E-state index in [1.807, 2.05) is 6.92 Å². The molecule has 7 heteroatoms. The molecule has 0 aliphatic rings. The first kappa shape index (κ1) is 15.7. The number of nitrogens with one attached hydrogen (secondary N) is 1. The van der Waals surface area contributed by atoms with Crippen LogP contribution in [-0.2, 0) is 14.8 Å². The van der Waals surface area contributed by atoms with E-state index < -0.39 is 10.0 Å². The predicted molar refractivity (Wildman–Crippen MR) is 65.1 cm³/mol. The SMILES string of the molecule is CCN(C)C(=O)CNS(=O)(=O)CCCCCl. The van der Waals surface area contributed by atoms with Crippen molar-refractivity contribution in [2.75, 3.05) is 31.8 Å². The lowest BCUT2D eigenvalue weighted by molar-refractivity contribution is -0.128. The second kappa shape index (κ2) is 7.86. The van der Waals surface area contributed by atoms with Crippen LogP contribution >= 0.6 is 11.6 Å². The first-order valence-corrected chi connectivity index (χ1v) is 7.39. The zero-order chi connectivity index (χ0) is 12.6. The van der Waals surface area contributed by atoms with Gasteiger partial charge in [0.2, 0.25) is 15.9 Å². The molecule has 0 aromatic heterocycles. The summed E-state index contributed by atoms with van der Waals surface area (Å²) in [6, 6.07) is 0. The van der Waals surface area contributed by atoms with Crippen molar-refractivity contribution in [1.29, 1.82) is 0 Å². The zero-order valence-corrected chi connectivity index (χ0v) is 11.3. The van der Waals surface area contributed by atoms with E-state index in [2.05, 4.69) is 4.72 Å². The van der Waals surface area contributed by atoms with Gasteiger partial charge in [0.1, 0.15) is 0 Å². The molecular weight excluding hydrogens is 252 g/mol. The van der Waals surface area contributed by atoms with Crippen molar-refractivity contribution in [2.45, 2.75) is 19.8 Å². The number of carbonyl (C=O) groups is 1. The van der Waals surface area contributed by atoms with E-state index in [0.717, 1.165) is 0 Å². The highest BCUT2D eigenvalue weighted by Crippen LogP contribution is 1.96. The second-order valence-electron chi connectivity index (χ2n) is 3.44. The molecule has 0 bridgehead atoms. The van der Waals surface area contributed by atoms with Crippen LogP contribution in [0.4, 0.5) is 0 Å². The third-order valence-electron chi connectivity index (χ3n) is 2.14. The molecule has 1 N–H and O–H groups in total. The fraction of sp³-hybridized carbons (Fsp3) is 0.889. The molecule has 0 saturated heterocycles. The quantitative estimate of drug-likeness (QED) is 0.513. The number of unbranched alkanes of at least 4 members (excludes halogenated alkanes) is 1. The van der Waals surface area contributed by atoms with Gasteiger partial charge in [0.25, 0.3) is 0 Å². The number of likely N-dealkylation sites (N-methyl/N-ethyl adjacent to an activating group) is 1. The van der Waals surface area contributed by atoms with E-state index in [-0.39, 0.29) is 18.2 Å². The molecule has 0 unspecified atom stereocenters. The summed E-state index contributed by atoms with van der Waals surface area (Å²) in [4.78, 5) is 12.8. The standard InChI is InChI=1S/C9H19ClN2O3S/c1-3-12(2)9(13)8-11-16(14,15)7-5-4-6-10/h11H,3-8H2,1-2H3. The van der Waals surface area contributed by atoms with Crippen molar-refractivity contribution in [2.24, 2.45) is 0 Å². The first-order valence-electron chi connectivity index (χ1n) is 5.20. The Balaban J connectivity index is 3.95. The van der Waals surface area contributed by atoms with Crippen molar-refractivity contribution in [3.8, 4) is 0 Å². The maximum absolute atomic E-state index is 11.4. The van der Waals surface area contributed by atoms with E-state index in [4.69, 9.17) is 11.6 Å². The molecule has 0 spiro atoms. The Labute approximate surface area is 102 Å². The van der Waals surface area contributed by atoms with Gasteiger partial charge in [-0.05, 0) is 19.8 Å². The summed E-state index contributed by atoms with van der Waals surface area (Å²) in [5, 5.41) is 0. The summed E-state index contributed by atoms with van der Waals surface area (Å²) in [5.41, 5.74) is 0. The van der Waals surface area contributed by atoms with Crippen LogP contribution in [0.1, 0.15) is 19.8 Å². The van der Waals surface area contributed by atoms with Crippen LogP contribution in [-0.4, -0.2) is 51.0 Å². The molecule has 0 aliphatic heterocycles. The van der Waals surface area contributed by atoms with Gasteiger partial charge in [0.15, 0.2) is 0 Å². The third-order valence-corrected chi connectivity index (χ3v) is 3.82. The molecule has 96 valence electrons. The number of amides is 1. The largest absolute Gasteiger partial charge is 0.345 e. The summed E-state index contributed by atoms with van der Waals surface area (Å²) in [5.74, 6) is 0.235. The van der Waals surface area contributed by atoms with Crippen molar-refractivity contribution in [1.82, 2.24) is 9.62 Å². The smallest absolute Gasteiger partial charge is 0.237 e. The predicted octanol–water partition coefficient (Wildman–Crippen LogP) is 0.403. The summed E-state index contributed by atoms with van der Waals surface area (Å²) in [6.07, 6.45) is 1.17. The molecule has 1 amide bonds. The molecule has 0 fully saturated rings. The lowest BCUT2D eigenvalue weighted by Crippen LogP contribution is -2.38. The van der Waals surface area contributed by atoms with Gasteiger partial charge < -0.3 is 4.90 Å². The summed E-state index contributed by atoms with van der Waals surface area (Å²) < 4.78 is 25.1. The van der Waals surface area contributed by atoms with Gasteiger partial charge in [-0.15, -0.1) is 11.6 Å². The number of nitrogens with zero attached hydrogens (tertiary/aromatic N) is 1. The molecule has 0 radical (unpaired) electrons. The minimum absolute atomic E-state index is 0.0167. The third kappa shape index (κ3) is 7.03. The summed E-state index contributed by atoms with van der Waals surface area (Å²) >= 11 is 5.44. The number of hydrogen-bond acceptors (Lipinski definition) is 3. The number of alkyl halides is 1. The van der Waals surface area contributed by atoms with Crippen LogP contribution < -0.4 is 4.72 Å². The van der Waals surface area contributed by atoms with E-state index in [9.17, 15) is 13.2 Å². The van der Waals surface area contributed by atoms with Crippen LogP contribution in [0, 0.1) is 0 Å². The molecule has 0 atom stereocenters. The average molecular weight is 271 g/mol. The Kier molecular flexibility index (Phi) is 7.70. The van der Waals surface area contributed by atoms with E-state index in [1.165, 1.54) is 4.90 Å². The summed E-state index contributed by atoms with van der Waals surface area (Å²) in [7, 11) is -1.72. The highest BCUT2D eigenvalue weighted by molar-refractivity contribution is 7.89. The van der Waals surface area contributed by atoms with Gasteiger partial charge in [-0.2, -0.15) is 0 Å².